The van der Waals surface area contributed by atoms with E-state index in [1.165, 1.54) is 0 Å². The number of aryl methyl sites for hydroxylation is 1. The lowest BCUT2D eigenvalue weighted by molar-refractivity contribution is 0.153. The van der Waals surface area contributed by atoms with Gasteiger partial charge in [0.05, 0.1) is 7.11 Å². The van der Waals surface area contributed by atoms with Crippen molar-refractivity contribution in [3.8, 4) is 11.5 Å². The van der Waals surface area contributed by atoms with E-state index in [-0.39, 0.29) is 5.75 Å². The van der Waals surface area contributed by atoms with Crippen LogP contribution in [0.5, 0.6) is 11.5 Å². The third-order valence-electron chi connectivity index (χ3n) is 3.85. The summed E-state index contributed by atoms with van der Waals surface area (Å²) in [7, 11) is 3.75. The van der Waals surface area contributed by atoms with Gasteiger partial charge in [-0.15, -0.1) is 0 Å². The summed E-state index contributed by atoms with van der Waals surface area (Å²) in [6.07, 6.45) is 1.92. The fourth-order valence-corrected chi connectivity index (χ4v) is 3.02. The van der Waals surface area contributed by atoms with Gasteiger partial charge in [-0.25, -0.2) is 0 Å². The lowest BCUT2D eigenvalue weighted by Gasteiger charge is -2.32. The Morgan fingerprint density at radius 3 is 2.60 bits per heavy atom. The number of hydrogen-bond donors (Lipinski definition) is 1. The quantitative estimate of drug-likeness (QED) is 0.890. The van der Waals surface area contributed by atoms with E-state index in [2.05, 4.69) is 32.8 Å². The fraction of sp³-hybridized carbons (Fsp3) is 0.600. The van der Waals surface area contributed by atoms with Crippen molar-refractivity contribution in [2.24, 2.45) is 0 Å². The SMILES string of the molecule is COc1cc(Br)cc(CCCN2CCN(C)CC2)c1O. The van der Waals surface area contributed by atoms with Crippen LogP contribution < -0.4 is 4.74 Å². The Hall–Kier alpha value is -0.780. The molecule has 2 rings (SSSR count). The molecule has 1 heterocycles. The van der Waals surface area contributed by atoms with Crippen LogP contribution in [-0.2, 0) is 6.42 Å². The van der Waals surface area contributed by atoms with E-state index in [1.54, 1.807) is 13.2 Å². The van der Waals surface area contributed by atoms with Crippen LogP contribution in [0, 0.1) is 0 Å². The Labute approximate surface area is 129 Å². The van der Waals surface area contributed by atoms with Gasteiger partial charge < -0.3 is 19.6 Å². The Bertz CT molecular complexity index is 446. The van der Waals surface area contributed by atoms with Gasteiger partial charge in [0.25, 0.3) is 0 Å². The molecule has 112 valence electrons. The molecule has 1 aliphatic heterocycles. The molecule has 20 heavy (non-hydrogen) atoms. The Morgan fingerprint density at radius 1 is 1.25 bits per heavy atom. The average molecular weight is 343 g/mol. The summed E-state index contributed by atoms with van der Waals surface area (Å²) in [5.41, 5.74) is 0.949. The molecule has 0 radical (unpaired) electrons. The number of halogens is 1. The van der Waals surface area contributed by atoms with Crippen molar-refractivity contribution in [3.05, 3.63) is 22.2 Å². The van der Waals surface area contributed by atoms with Crippen LogP contribution in [0.4, 0.5) is 0 Å². The van der Waals surface area contributed by atoms with E-state index < -0.39 is 0 Å². The molecule has 0 saturated carbocycles. The van der Waals surface area contributed by atoms with Crippen molar-refractivity contribution in [1.29, 1.82) is 0 Å². The zero-order valence-electron chi connectivity index (χ0n) is 12.2. The highest BCUT2D eigenvalue weighted by atomic mass is 79.9. The van der Waals surface area contributed by atoms with Gasteiger partial charge >= 0.3 is 0 Å². The fourth-order valence-electron chi connectivity index (χ4n) is 2.54. The maximum absolute atomic E-state index is 10.1. The topological polar surface area (TPSA) is 35.9 Å². The Morgan fingerprint density at radius 2 is 1.95 bits per heavy atom. The molecule has 0 aliphatic carbocycles. The van der Waals surface area contributed by atoms with Crippen molar-refractivity contribution in [2.75, 3.05) is 46.9 Å². The van der Waals surface area contributed by atoms with Crippen LogP contribution in [0.1, 0.15) is 12.0 Å². The number of phenolic OH excluding ortho intramolecular Hbond substituents is 1. The summed E-state index contributed by atoms with van der Waals surface area (Å²) in [5.74, 6) is 0.808. The number of nitrogens with zero attached hydrogens (tertiary/aromatic N) is 2. The number of phenols is 1. The highest BCUT2D eigenvalue weighted by Gasteiger charge is 2.14. The van der Waals surface area contributed by atoms with Gasteiger partial charge in [0.15, 0.2) is 11.5 Å². The summed E-state index contributed by atoms with van der Waals surface area (Å²) < 4.78 is 6.12. The molecular weight excluding hydrogens is 320 g/mol. The molecule has 0 bridgehead atoms. The van der Waals surface area contributed by atoms with Crippen LogP contribution in [-0.4, -0.2) is 61.8 Å². The van der Waals surface area contributed by atoms with Crippen molar-refractivity contribution in [1.82, 2.24) is 9.80 Å². The minimum atomic E-state index is 0.272. The standard InChI is InChI=1S/C15H23BrN2O2/c1-17-6-8-18(9-7-17)5-3-4-12-10-13(16)11-14(20-2)15(12)19/h10-11,19H,3-9H2,1-2H3. The number of piperazine rings is 1. The van der Waals surface area contributed by atoms with Crippen LogP contribution in [0.3, 0.4) is 0 Å². The summed E-state index contributed by atoms with van der Waals surface area (Å²) >= 11 is 3.46. The molecule has 1 fully saturated rings. The Balaban J connectivity index is 1.86. The van der Waals surface area contributed by atoms with E-state index in [1.807, 2.05) is 6.07 Å². The number of rotatable bonds is 5. The molecule has 1 saturated heterocycles. The first kappa shape index (κ1) is 15.6. The minimum Gasteiger partial charge on any atom is -0.504 e. The van der Waals surface area contributed by atoms with Crippen LogP contribution in [0.2, 0.25) is 0 Å². The van der Waals surface area contributed by atoms with Gasteiger partial charge in [-0.05, 0) is 44.1 Å². The molecular formula is C15H23BrN2O2. The van der Waals surface area contributed by atoms with E-state index in [0.717, 1.165) is 55.6 Å². The number of aromatic hydroxyl groups is 1. The van der Waals surface area contributed by atoms with Gasteiger partial charge in [-0.3, -0.25) is 0 Å². The van der Waals surface area contributed by atoms with Crippen molar-refractivity contribution in [2.45, 2.75) is 12.8 Å². The maximum atomic E-state index is 10.1. The lowest BCUT2D eigenvalue weighted by Crippen LogP contribution is -2.44. The van der Waals surface area contributed by atoms with E-state index in [4.69, 9.17) is 4.74 Å². The highest BCUT2D eigenvalue weighted by Crippen LogP contribution is 2.34. The number of ether oxygens (including phenoxy) is 1. The summed E-state index contributed by atoms with van der Waals surface area (Å²) in [6.45, 7) is 5.67. The first-order valence-electron chi connectivity index (χ1n) is 7.06. The summed E-state index contributed by atoms with van der Waals surface area (Å²) in [6, 6.07) is 3.77. The number of likely N-dealkylation sites (N-methyl/N-ethyl adjacent to an activating group) is 1. The summed E-state index contributed by atoms with van der Waals surface area (Å²) in [5, 5.41) is 10.1. The van der Waals surface area contributed by atoms with Gasteiger partial charge in [-0.1, -0.05) is 15.9 Å². The predicted octanol–water partition coefficient (Wildman–Crippen LogP) is 2.34. The van der Waals surface area contributed by atoms with Crippen LogP contribution in [0.25, 0.3) is 0 Å². The summed E-state index contributed by atoms with van der Waals surface area (Å²) in [4.78, 5) is 4.85. The molecule has 4 nitrogen and oxygen atoms in total. The smallest absolute Gasteiger partial charge is 0.161 e. The first-order valence-corrected chi connectivity index (χ1v) is 7.85. The second-order valence-electron chi connectivity index (χ2n) is 5.36. The average Bonchev–Trinajstić information content (AvgIpc) is 2.44. The predicted molar refractivity (Wildman–Crippen MR) is 84.6 cm³/mol. The first-order chi connectivity index (χ1) is 9.60. The maximum Gasteiger partial charge on any atom is 0.161 e. The number of methoxy groups -OCH3 is 1. The van der Waals surface area contributed by atoms with Crippen molar-refractivity contribution < 1.29 is 9.84 Å². The van der Waals surface area contributed by atoms with Crippen LogP contribution in [0.15, 0.2) is 16.6 Å². The lowest BCUT2D eigenvalue weighted by atomic mass is 10.1. The molecule has 0 atom stereocenters. The van der Waals surface area contributed by atoms with Crippen LogP contribution >= 0.6 is 15.9 Å². The molecule has 1 aliphatic rings. The normalized spacial score (nSPS) is 17.4. The monoisotopic (exact) mass is 342 g/mol. The second kappa shape index (κ2) is 7.29. The molecule has 1 aromatic carbocycles. The molecule has 0 spiro atoms. The molecule has 1 N–H and O–H groups in total. The van der Waals surface area contributed by atoms with E-state index in [0.29, 0.717) is 5.75 Å². The van der Waals surface area contributed by atoms with E-state index in [9.17, 15) is 5.11 Å². The molecule has 1 aromatic rings. The van der Waals surface area contributed by atoms with Gasteiger partial charge in [0.2, 0.25) is 0 Å². The molecule has 0 amide bonds. The van der Waals surface area contributed by atoms with Crippen molar-refractivity contribution >= 4 is 15.9 Å². The largest absolute Gasteiger partial charge is 0.504 e. The Kier molecular flexibility index (Phi) is 5.69. The minimum absolute atomic E-state index is 0.272. The number of hydrogen-bond acceptors (Lipinski definition) is 4. The highest BCUT2D eigenvalue weighted by molar-refractivity contribution is 9.10. The van der Waals surface area contributed by atoms with Crippen molar-refractivity contribution in [3.63, 3.8) is 0 Å². The molecule has 0 unspecified atom stereocenters. The van der Waals surface area contributed by atoms with Gasteiger partial charge in [-0.2, -0.15) is 0 Å². The molecule has 0 aromatic heterocycles. The number of benzene rings is 1. The van der Waals surface area contributed by atoms with E-state index >= 15 is 0 Å². The second-order valence-corrected chi connectivity index (χ2v) is 6.28. The van der Waals surface area contributed by atoms with Gasteiger partial charge in [0, 0.05) is 30.7 Å². The zero-order valence-corrected chi connectivity index (χ0v) is 13.8. The molecule has 5 heteroatoms. The third kappa shape index (κ3) is 4.11. The van der Waals surface area contributed by atoms with Gasteiger partial charge in [0.1, 0.15) is 0 Å². The third-order valence-corrected chi connectivity index (χ3v) is 4.31. The zero-order chi connectivity index (χ0) is 14.5.